The highest BCUT2D eigenvalue weighted by Gasteiger charge is 2.31. The van der Waals surface area contributed by atoms with Crippen LogP contribution < -0.4 is 5.32 Å². The van der Waals surface area contributed by atoms with Gasteiger partial charge in [-0.25, -0.2) is 4.98 Å². The van der Waals surface area contributed by atoms with Gasteiger partial charge < -0.3 is 10.3 Å². The van der Waals surface area contributed by atoms with Crippen LogP contribution in [0.5, 0.6) is 0 Å². The zero-order chi connectivity index (χ0) is 15.1. The van der Waals surface area contributed by atoms with Gasteiger partial charge >= 0.3 is 0 Å². The van der Waals surface area contributed by atoms with Gasteiger partial charge in [-0.3, -0.25) is 0 Å². The van der Waals surface area contributed by atoms with E-state index < -0.39 is 0 Å². The van der Waals surface area contributed by atoms with E-state index in [9.17, 15) is 0 Å². The van der Waals surface area contributed by atoms with Crippen molar-refractivity contribution < 1.29 is 0 Å². The van der Waals surface area contributed by atoms with E-state index in [0.717, 1.165) is 28.4 Å². The maximum Gasteiger partial charge on any atom is 0.166 e. The Labute approximate surface area is 130 Å². The Morgan fingerprint density at radius 2 is 1.95 bits per heavy atom. The number of rotatable bonds is 3. The first-order valence-corrected chi connectivity index (χ1v) is 8.39. The van der Waals surface area contributed by atoms with E-state index in [2.05, 4.69) is 55.1 Å². The Bertz CT molecular complexity index is 649. The van der Waals surface area contributed by atoms with Crippen molar-refractivity contribution in [3.8, 4) is 0 Å². The quantitative estimate of drug-likeness (QED) is 0.661. The fourth-order valence-corrected chi connectivity index (χ4v) is 4.19. The van der Waals surface area contributed by atoms with Crippen molar-refractivity contribution in [1.82, 2.24) is 15.3 Å². The van der Waals surface area contributed by atoms with Gasteiger partial charge in [-0.15, -0.1) is 0 Å². The zero-order valence-electron chi connectivity index (χ0n) is 13.2. The van der Waals surface area contributed by atoms with Crippen LogP contribution in [0.3, 0.4) is 0 Å². The van der Waals surface area contributed by atoms with Crippen LogP contribution in [0, 0.1) is 0 Å². The fraction of sp³-hybridized carbons (Fsp3) is 0.471. The van der Waals surface area contributed by atoms with Crippen molar-refractivity contribution in [3.63, 3.8) is 0 Å². The van der Waals surface area contributed by atoms with Crippen LogP contribution in [0.2, 0.25) is 0 Å². The van der Waals surface area contributed by atoms with Crippen LogP contribution in [0.1, 0.15) is 34.1 Å². The number of aromatic nitrogens is 2. The molecule has 0 unspecified atom stereocenters. The number of aromatic amines is 1. The summed E-state index contributed by atoms with van der Waals surface area (Å²) in [5.74, 6) is 0.994. The molecule has 0 spiro atoms. The summed E-state index contributed by atoms with van der Waals surface area (Å²) in [7, 11) is 0. The van der Waals surface area contributed by atoms with Gasteiger partial charge in [-0.1, -0.05) is 35.5 Å². The van der Waals surface area contributed by atoms with Crippen LogP contribution in [0.15, 0.2) is 41.1 Å². The first-order chi connectivity index (χ1) is 9.83. The number of hydrogen-bond donors (Lipinski definition) is 2. The number of thioether (sulfide) groups is 1. The van der Waals surface area contributed by atoms with E-state index >= 15 is 0 Å². The van der Waals surface area contributed by atoms with E-state index in [1.54, 1.807) is 11.8 Å². The number of nitrogens with one attached hydrogen (secondary N) is 2. The van der Waals surface area contributed by atoms with E-state index in [0.29, 0.717) is 0 Å². The van der Waals surface area contributed by atoms with E-state index in [4.69, 9.17) is 0 Å². The fourth-order valence-electron chi connectivity index (χ4n) is 3.33. The standard InChI is InChI=1S/C17H23N3S/c1-16(2)9-12(10-17(3,4)20-16)11-21-15-18-13-7-5-6-8-14(13)19-15/h5-9,20H,10-11H2,1-4H3,(H,18,19). The minimum atomic E-state index is 0.0610. The maximum atomic E-state index is 4.63. The molecule has 21 heavy (non-hydrogen) atoms. The lowest BCUT2D eigenvalue weighted by molar-refractivity contribution is 0.284. The molecule has 1 aliphatic heterocycles. The van der Waals surface area contributed by atoms with E-state index in [1.807, 2.05) is 18.2 Å². The molecule has 0 radical (unpaired) electrons. The summed E-state index contributed by atoms with van der Waals surface area (Å²) in [4.78, 5) is 8.02. The third kappa shape index (κ3) is 3.50. The normalized spacial score (nSPS) is 20.5. The largest absolute Gasteiger partial charge is 0.333 e. The topological polar surface area (TPSA) is 40.7 Å². The second-order valence-corrected chi connectivity index (χ2v) is 8.02. The van der Waals surface area contributed by atoms with Crippen LogP contribution in [0.25, 0.3) is 11.0 Å². The minimum absolute atomic E-state index is 0.0610. The van der Waals surface area contributed by atoms with Crippen molar-refractivity contribution >= 4 is 22.8 Å². The molecule has 0 saturated heterocycles. The van der Waals surface area contributed by atoms with Crippen molar-refractivity contribution in [3.05, 3.63) is 35.9 Å². The number of fused-ring (bicyclic) bond motifs is 1. The molecule has 0 amide bonds. The summed E-state index contributed by atoms with van der Waals surface area (Å²) in [6, 6.07) is 8.18. The number of hydrogen-bond acceptors (Lipinski definition) is 3. The van der Waals surface area contributed by atoms with Gasteiger partial charge in [0.05, 0.1) is 11.0 Å². The summed E-state index contributed by atoms with van der Waals surface area (Å²) in [5.41, 5.74) is 3.86. The van der Waals surface area contributed by atoms with E-state index in [-0.39, 0.29) is 11.1 Å². The summed E-state index contributed by atoms with van der Waals surface area (Å²) < 4.78 is 0. The van der Waals surface area contributed by atoms with Gasteiger partial charge in [0, 0.05) is 16.8 Å². The molecule has 0 saturated carbocycles. The lowest BCUT2D eigenvalue weighted by Crippen LogP contribution is -2.54. The predicted molar refractivity (Wildman–Crippen MR) is 90.8 cm³/mol. The molecular weight excluding hydrogens is 278 g/mol. The molecule has 1 aromatic carbocycles. The van der Waals surface area contributed by atoms with Crippen LogP contribution >= 0.6 is 11.8 Å². The zero-order valence-corrected chi connectivity index (χ0v) is 14.0. The molecule has 0 bridgehead atoms. The molecule has 3 nitrogen and oxygen atoms in total. The van der Waals surface area contributed by atoms with Gasteiger partial charge in [0.1, 0.15) is 0 Å². The van der Waals surface area contributed by atoms with Crippen LogP contribution in [-0.2, 0) is 0 Å². The molecule has 4 heteroatoms. The van der Waals surface area contributed by atoms with Crippen molar-refractivity contribution in [2.24, 2.45) is 0 Å². The van der Waals surface area contributed by atoms with Gasteiger partial charge in [0.25, 0.3) is 0 Å². The molecular formula is C17H23N3S. The second kappa shape index (κ2) is 5.18. The van der Waals surface area contributed by atoms with Gasteiger partial charge in [-0.2, -0.15) is 0 Å². The Morgan fingerprint density at radius 3 is 2.67 bits per heavy atom. The van der Waals surface area contributed by atoms with Crippen molar-refractivity contribution in [2.45, 2.75) is 50.4 Å². The summed E-state index contributed by atoms with van der Waals surface area (Å²) >= 11 is 1.79. The molecule has 0 aliphatic carbocycles. The molecule has 0 fully saturated rings. The smallest absolute Gasteiger partial charge is 0.166 e. The Kier molecular flexibility index (Phi) is 3.62. The summed E-state index contributed by atoms with van der Waals surface area (Å²) in [6.45, 7) is 9.01. The highest BCUT2D eigenvalue weighted by molar-refractivity contribution is 7.99. The van der Waals surface area contributed by atoms with E-state index in [1.165, 1.54) is 5.57 Å². The monoisotopic (exact) mass is 301 g/mol. The highest BCUT2D eigenvalue weighted by atomic mass is 32.2. The van der Waals surface area contributed by atoms with Gasteiger partial charge in [-0.05, 0) is 46.2 Å². The van der Waals surface area contributed by atoms with Crippen molar-refractivity contribution in [2.75, 3.05) is 5.75 Å². The van der Waals surface area contributed by atoms with Gasteiger partial charge in [0.2, 0.25) is 0 Å². The van der Waals surface area contributed by atoms with Crippen molar-refractivity contribution in [1.29, 1.82) is 0 Å². The third-order valence-corrected chi connectivity index (χ3v) is 4.64. The average molecular weight is 301 g/mol. The van der Waals surface area contributed by atoms with Crippen LogP contribution in [0.4, 0.5) is 0 Å². The SMILES string of the molecule is CC1(C)C=C(CSc2nc3ccccc3[nH]2)CC(C)(C)N1. The van der Waals surface area contributed by atoms with Crippen LogP contribution in [-0.4, -0.2) is 26.8 Å². The summed E-state index contributed by atoms with van der Waals surface area (Å²) in [5, 5.41) is 4.68. The molecule has 112 valence electrons. The molecule has 2 aromatic rings. The molecule has 3 rings (SSSR count). The number of benzene rings is 1. The first kappa shape index (κ1) is 14.7. The summed E-state index contributed by atoms with van der Waals surface area (Å²) in [6.07, 6.45) is 3.46. The number of H-pyrrole nitrogens is 1. The molecule has 1 aliphatic rings. The lowest BCUT2D eigenvalue weighted by atomic mass is 9.84. The molecule has 2 heterocycles. The molecule has 2 N–H and O–H groups in total. The number of para-hydroxylation sites is 2. The lowest BCUT2D eigenvalue weighted by Gasteiger charge is -2.41. The second-order valence-electron chi connectivity index (χ2n) is 7.06. The highest BCUT2D eigenvalue weighted by Crippen LogP contribution is 2.31. The average Bonchev–Trinajstić information content (AvgIpc) is 2.75. The predicted octanol–water partition coefficient (Wildman–Crippen LogP) is 4.13. The molecule has 0 atom stereocenters. The minimum Gasteiger partial charge on any atom is -0.333 e. The Morgan fingerprint density at radius 1 is 1.19 bits per heavy atom. The molecule has 1 aromatic heterocycles. The number of nitrogens with zero attached hydrogens (tertiary/aromatic N) is 1. The third-order valence-electron chi connectivity index (χ3n) is 3.66. The van der Waals surface area contributed by atoms with Gasteiger partial charge in [0.15, 0.2) is 5.16 Å². The maximum absolute atomic E-state index is 4.63. The Balaban J connectivity index is 1.73. The number of imidazole rings is 1. The first-order valence-electron chi connectivity index (χ1n) is 7.41. The Hall–Kier alpha value is -1.26.